The van der Waals surface area contributed by atoms with Crippen LogP contribution in [0.25, 0.3) is 0 Å². The van der Waals surface area contributed by atoms with Gasteiger partial charge in [-0.2, -0.15) is 13.2 Å². The summed E-state index contributed by atoms with van der Waals surface area (Å²) in [6.45, 7) is 4.56. The van der Waals surface area contributed by atoms with E-state index in [1.165, 1.54) is 44.9 Å². The Hall–Kier alpha value is -0.780. The van der Waals surface area contributed by atoms with Gasteiger partial charge in [-0.1, -0.05) is 33.1 Å². The van der Waals surface area contributed by atoms with E-state index in [0.29, 0.717) is 0 Å². The Labute approximate surface area is 112 Å². The van der Waals surface area contributed by atoms with Crippen LogP contribution in [0, 0.1) is 0 Å². The Balaban J connectivity index is 0.000000399. The second-order valence-electron chi connectivity index (χ2n) is 4.87. The molecule has 114 valence electrons. The molecule has 1 heterocycles. The van der Waals surface area contributed by atoms with Gasteiger partial charge in [0.05, 0.1) is 0 Å². The summed E-state index contributed by atoms with van der Waals surface area (Å²) in [5, 5.41) is 10.9. The van der Waals surface area contributed by atoms with E-state index in [9.17, 15) is 13.2 Å². The maximum absolute atomic E-state index is 10.6. The molecule has 19 heavy (non-hydrogen) atoms. The van der Waals surface area contributed by atoms with E-state index in [1.54, 1.807) is 0 Å². The molecule has 1 saturated heterocycles. The number of carbonyl (C=O) groups is 1. The number of aliphatic carboxylic acids is 1. The van der Waals surface area contributed by atoms with Crippen LogP contribution in [-0.4, -0.2) is 29.3 Å². The van der Waals surface area contributed by atoms with Crippen molar-refractivity contribution in [2.75, 3.05) is 0 Å². The zero-order chi connectivity index (χ0) is 14.9. The number of nitrogens with one attached hydrogen (secondary N) is 1. The Morgan fingerprint density at radius 1 is 1.16 bits per heavy atom. The van der Waals surface area contributed by atoms with Crippen LogP contribution in [-0.2, 0) is 4.79 Å². The molecule has 3 nitrogen and oxygen atoms in total. The first-order valence-corrected chi connectivity index (χ1v) is 6.87. The maximum Gasteiger partial charge on any atom is 0.490 e. The van der Waals surface area contributed by atoms with Gasteiger partial charge in [-0.25, -0.2) is 4.79 Å². The molecule has 1 fully saturated rings. The molecule has 0 radical (unpaired) electrons. The van der Waals surface area contributed by atoms with E-state index in [-0.39, 0.29) is 0 Å². The van der Waals surface area contributed by atoms with Gasteiger partial charge in [-0.05, 0) is 25.7 Å². The number of hydrogen-bond donors (Lipinski definition) is 2. The van der Waals surface area contributed by atoms with Crippen molar-refractivity contribution in [3.8, 4) is 0 Å². The summed E-state index contributed by atoms with van der Waals surface area (Å²) >= 11 is 0. The average Bonchev–Trinajstić information content (AvgIpc) is 2.74. The monoisotopic (exact) mass is 283 g/mol. The lowest BCUT2D eigenvalue weighted by molar-refractivity contribution is -0.192. The standard InChI is InChI=1S/C11H23N.C2HF3O2/c1-3-5-7-11-9-8-10(12-11)6-4-2;3-2(4,5)1(6)7/h10-12H,3-9H2,1-2H3;(H,6,7)/t10-,11-;/m0./s1. The normalized spacial score (nSPS) is 22.8. The van der Waals surface area contributed by atoms with E-state index in [2.05, 4.69) is 19.2 Å². The largest absolute Gasteiger partial charge is 0.490 e. The lowest BCUT2D eigenvalue weighted by Gasteiger charge is -2.12. The topological polar surface area (TPSA) is 49.3 Å². The highest BCUT2D eigenvalue weighted by Crippen LogP contribution is 2.19. The Kier molecular flexibility index (Phi) is 8.80. The SMILES string of the molecule is CCCC[C@H]1CC[C@H](CCC)N1.O=C(O)C(F)(F)F. The molecule has 0 unspecified atom stereocenters. The van der Waals surface area contributed by atoms with Crippen molar-refractivity contribution in [2.24, 2.45) is 0 Å². The molecule has 0 amide bonds. The Bertz CT molecular complexity index is 257. The van der Waals surface area contributed by atoms with E-state index < -0.39 is 12.1 Å². The van der Waals surface area contributed by atoms with Gasteiger partial charge < -0.3 is 10.4 Å². The number of halogens is 3. The first-order chi connectivity index (χ1) is 8.81. The van der Waals surface area contributed by atoms with Crippen molar-refractivity contribution in [3.05, 3.63) is 0 Å². The van der Waals surface area contributed by atoms with Gasteiger partial charge in [0.2, 0.25) is 0 Å². The highest BCUT2D eigenvalue weighted by molar-refractivity contribution is 5.73. The second-order valence-corrected chi connectivity index (χ2v) is 4.87. The number of unbranched alkanes of at least 4 members (excludes halogenated alkanes) is 1. The van der Waals surface area contributed by atoms with Gasteiger partial charge in [-0.15, -0.1) is 0 Å². The van der Waals surface area contributed by atoms with Gasteiger partial charge in [0, 0.05) is 12.1 Å². The maximum atomic E-state index is 10.6. The van der Waals surface area contributed by atoms with Gasteiger partial charge >= 0.3 is 12.1 Å². The van der Waals surface area contributed by atoms with E-state index in [0.717, 1.165) is 12.1 Å². The summed E-state index contributed by atoms with van der Waals surface area (Å²) in [4.78, 5) is 8.90. The van der Waals surface area contributed by atoms with Crippen molar-refractivity contribution in [2.45, 2.75) is 77.1 Å². The molecule has 1 rings (SSSR count). The van der Waals surface area contributed by atoms with E-state index >= 15 is 0 Å². The highest BCUT2D eigenvalue weighted by atomic mass is 19.4. The number of hydrogen-bond acceptors (Lipinski definition) is 2. The van der Waals surface area contributed by atoms with Crippen molar-refractivity contribution >= 4 is 5.97 Å². The van der Waals surface area contributed by atoms with Gasteiger partial charge in [-0.3, -0.25) is 0 Å². The van der Waals surface area contributed by atoms with E-state index in [4.69, 9.17) is 9.90 Å². The predicted octanol–water partition coefficient (Wildman–Crippen LogP) is 3.73. The quantitative estimate of drug-likeness (QED) is 0.808. The molecule has 0 aromatic heterocycles. The summed E-state index contributed by atoms with van der Waals surface area (Å²) in [6, 6.07) is 1.69. The minimum Gasteiger partial charge on any atom is -0.475 e. The first kappa shape index (κ1) is 18.2. The zero-order valence-electron chi connectivity index (χ0n) is 11.6. The van der Waals surface area contributed by atoms with Crippen LogP contribution < -0.4 is 5.32 Å². The third-order valence-corrected chi connectivity index (χ3v) is 3.12. The van der Waals surface area contributed by atoms with Crippen LogP contribution >= 0.6 is 0 Å². The lowest BCUT2D eigenvalue weighted by Crippen LogP contribution is -2.28. The molecule has 0 spiro atoms. The molecular weight excluding hydrogens is 259 g/mol. The summed E-state index contributed by atoms with van der Waals surface area (Å²) < 4.78 is 31.7. The number of rotatable bonds is 5. The molecule has 0 aliphatic carbocycles. The molecular formula is C13H24F3NO2. The molecule has 0 saturated carbocycles. The van der Waals surface area contributed by atoms with Gasteiger partial charge in [0.15, 0.2) is 0 Å². The van der Waals surface area contributed by atoms with Crippen molar-refractivity contribution < 1.29 is 23.1 Å². The van der Waals surface area contributed by atoms with Crippen molar-refractivity contribution in [1.29, 1.82) is 0 Å². The third kappa shape index (κ3) is 8.86. The number of alkyl halides is 3. The fourth-order valence-electron chi connectivity index (χ4n) is 2.16. The summed E-state index contributed by atoms with van der Waals surface area (Å²) in [5.74, 6) is -2.76. The van der Waals surface area contributed by atoms with Crippen LogP contribution in [0.4, 0.5) is 13.2 Å². The van der Waals surface area contributed by atoms with Crippen LogP contribution in [0.3, 0.4) is 0 Å². The predicted molar refractivity (Wildman–Crippen MR) is 68.1 cm³/mol. The summed E-state index contributed by atoms with van der Waals surface area (Å²) in [5.41, 5.74) is 0. The Morgan fingerprint density at radius 3 is 2.00 bits per heavy atom. The molecule has 1 aliphatic heterocycles. The Morgan fingerprint density at radius 2 is 1.63 bits per heavy atom. The van der Waals surface area contributed by atoms with Crippen LogP contribution in [0.2, 0.25) is 0 Å². The highest BCUT2D eigenvalue weighted by Gasteiger charge is 2.38. The molecule has 0 bridgehead atoms. The minimum atomic E-state index is -5.08. The third-order valence-electron chi connectivity index (χ3n) is 3.12. The van der Waals surface area contributed by atoms with E-state index in [1.807, 2.05) is 0 Å². The van der Waals surface area contributed by atoms with Crippen LogP contribution in [0.15, 0.2) is 0 Å². The molecule has 6 heteroatoms. The number of carboxylic acids is 1. The minimum absolute atomic E-state index is 0.844. The number of carboxylic acid groups (broad SMARTS) is 1. The molecule has 1 aliphatic rings. The summed E-state index contributed by atoms with van der Waals surface area (Å²) in [7, 11) is 0. The lowest BCUT2D eigenvalue weighted by atomic mass is 10.1. The van der Waals surface area contributed by atoms with Gasteiger partial charge in [0.25, 0.3) is 0 Å². The average molecular weight is 283 g/mol. The summed E-state index contributed by atoms with van der Waals surface area (Å²) in [6.07, 6.45) is 4.61. The fraction of sp³-hybridized carbons (Fsp3) is 0.923. The zero-order valence-corrected chi connectivity index (χ0v) is 11.6. The van der Waals surface area contributed by atoms with Crippen LogP contribution in [0.5, 0.6) is 0 Å². The molecule has 2 N–H and O–H groups in total. The molecule has 2 atom stereocenters. The molecule has 0 aromatic rings. The molecule has 0 aromatic carbocycles. The fourth-order valence-corrected chi connectivity index (χ4v) is 2.16. The van der Waals surface area contributed by atoms with Crippen LogP contribution in [0.1, 0.15) is 58.8 Å². The second kappa shape index (κ2) is 9.18. The van der Waals surface area contributed by atoms with Crippen molar-refractivity contribution in [3.63, 3.8) is 0 Å². The first-order valence-electron chi connectivity index (χ1n) is 6.87. The van der Waals surface area contributed by atoms with Crippen molar-refractivity contribution in [1.82, 2.24) is 5.32 Å². The van der Waals surface area contributed by atoms with Gasteiger partial charge in [0.1, 0.15) is 0 Å². The smallest absolute Gasteiger partial charge is 0.475 e.